The van der Waals surface area contributed by atoms with Crippen molar-refractivity contribution >= 4 is 5.84 Å². The van der Waals surface area contributed by atoms with Gasteiger partial charge in [-0.3, -0.25) is 4.99 Å². The lowest BCUT2D eigenvalue weighted by Gasteiger charge is -2.59. The SMILES string of the molecule is C[C@]12CCC3=NCCN3C1=CC[C@H]1[C@H]3CC[C@@](C)(O)[C@]3(C)CC[C@@H]12. The highest BCUT2D eigenvalue weighted by molar-refractivity contribution is 5.87. The molecule has 0 aromatic rings. The van der Waals surface area contributed by atoms with Crippen molar-refractivity contribution in [3.8, 4) is 0 Å². The molecule has 0 unspecified atom stereocenters. The van der Waals surface area contributed by atoms with Crippen molar-refractivity contribution in [2.75, 3.05) is 13.1 Å². The zero-order chi connectivity index (χ0) is 16.7. The van der Waals surface area contributed by atoms with E-state index >= 15 is 0 Å². The first-order chi connectivity index (χ1) is 11.4. The minimum absolute atomic E-state index is 0.130. The molecule has 132 valence electrons. The Morgan fingerprint density at radius 3 is 2.75 bits per heavy atom. The van der Waals surface area contributed by atoms with Crippen LogP contribution in [0.3, 0.4) is 0 Å². The third-order valence-electron chi connectivity index (χ3n) is 9.07. The zero-order valence-corrected chi connectivity index (χ0v) is 15.5. The molecule has 0 bridgehead atoms. The lowest BCUT2D eigenvalue weighted by atomic mass is 9.48. The van der Waals surface area contributed by atoms with Crippen LogP contribution >= 0.6 is 0 Å². The Labute approximate surface area is 146 Å². The molecular formula is C21H32N2O. The highest BCUT2D eigenvalue weighted by atomic mass is 16.3. The number of nitrogens with zero attached hydrogens (tertiary/aromatic N) is 2. The fourth-order valence-corrected chi connectivity index (χ4v) is 7.39. The van der Waals surface area contributed by atoms with Crippen LogP contribution in [0.4, 0.5) is 0 Å². The highest BCUT2D eigenvalue weighted by Crippen LogP contribution is 2.66. The summed E-state index contributed by atoms with van der Waals surface area (Å²) in [5, 5.41) is 11.0. The average molecular weight is 329 g/mol. The molecule has 5 rings (SSSR count). The van der Waals surface area contributed by atoms with E-state index in [2.05, 4.69) is 31.7 Å². The maximum absolute atomic E-state index is 11.0. The fraction of sp³-hybridized carbons (Fsp3) is 0.857. The average Bonchev–Trinajstić information content (AvgIpc) is 3.10. The first-order valence-corrected chi connectivity index (χ1v) is 10.1. The van der Waals surface area contributed by atoms with E-state index in [1.807, 2.05) is 0 Å². The van der Waals surface area contributed by atoms with Gasteiger partial charge < -0.3 is 10.0 Å². The first-order valence-electron chi connectivity index (χ1n) is 10.1. The maximum atomic E-state index is 11.0. The summed E-state index contributed by atoms with van der Waals surface area (Å²) in [4.78, 5) is 7.29. The summed E-state index contributed by atoms with van der Waals surface area (Å²) < 4.78 is 0. The van der Waals surface area contributed by atoms with E-state index in [1.54, 1.807) is 5.70 Å². The van der Waals surface area contributed by atoms with Crippen LogP contribution < -0.4 is 0 Å². The van der Waals surface area contributed by atoms with Gasteiger partial charge in [-0.15, -0.1) is 0 Å². The normalized spacial score (nSPS) is 52.8. The van der Waals surface area contributed by atoms with E-state index in [9.17, 15) is 5.11 Å². The van der Waals surface area contributed by atoms with Crippen molar-refractivity contribution in [2.24, 2.45) is 33.6 Å². The third kappa shape index (κ3) is 1.70. The Kier molecular flexibility index (Phi) is 3.00. The van der Waals surface area contributed by atoms with Crippen LogP contribution in [0.15, 0.2) is 16.8 Å². The molecule has 3 nitrogen and oxygen atoms in total. The molecule has 0 aromatic heterocycles. The number of amidine groups is 1. The number of rotatable bonds is 0. The van der Waals surface area contributed by atoms with Crippen LogP contribution in [-0.4, -0.2) is 34.5 Å². The van der Waals surface area contributed by atoms with Gasteiger partial charge in [0, 0.05) is 24.1 Å². The molecule has 0 radical (unpaired) electrons. The van der Waals surface area contributed by atoms with Gasteiger partial charge in [0.1, 0.15) is 5.84 Å². The molecule has 5 aliphatic rings. The van der Waals surface area contributed by atoms with Crippen LogP contribution in [0, 0.1) is 28.6 Å². The predicted octanol–water partition coefficient (Wildman–Crippen LogP) is 3.98. The van der Waals surface area contributed by atoms with E-state index in [0.29, 0.717) is 11.3 Å². The summed E-state index contributed by atoms with van der Waals surface area (Å²) in [6, 6.07) is 0. The number of aliphatic hydroxyl groups is 1. The molecule has 3 fully saturated rings. The van der Waals surface area contributed by atoms with Gasteiger partial charge in [0.05, 0.1) is 12.1 Å². The number of piperidine rings is 1. The number of aliphatic imine (C=N–C) groups is 1. The number of fused-ring (bicyclic) bond motifs is 7. The van der Waals surface area contributed by atoms with Gasteiger partial charge >= 0.3 is 0 Å². The Bertz CT molecular complexity index is 636. The molecule has 0 amide bonds. The fourth-order valence-electron chi connectivity index (χ4n) is 7.39. The Hall–Kier alpha value is -0.830. The second kappa shape index (κ2) is 4.66. The standard InChI is InChI=1S/C21H32N2O/c1-19-9-8-18-22-12-13-23(18)17(19)5-4-14-15(19)6-10-20(2)16(14)7-11-21(20,3)24/h5,14-16,24H,4,6-13H2,1-3H3/t14-,15+,16-,19-,20-,21-/m1/s1. The van der Waals surface area contributed by atoms with Crippen LogP contribution in [0.5, 0.6) is 0 Å². The van der Waals surface area contributed by atoms with Gasteiger partial charge in [0.25, 0.3) is 0 Å². The Morgan fingerprint density at radius 1 is 1.12 bits per heavy atom. The number of allylic oxidation sites excluding steroid dienone is 2. The molecule has 1 N–H and O–H groups in total. The Balaban J connectivity index is 1.53. The molecule has 6 atom stereocenters. The van der Waals surface area contributed by atoms with Crippen molar-refractivity contribution < 1.29 is 5.11 Å². The molecule has 0 aromatic carbocycles. The predicted molar refractivity (Wildman–Crippen MR) is 96.7 cm³/mol. The van der Waals surface area contributed by atoms with Crippen molar-refractivity contribution in [3.63, 3.8) is 0 Å². The van der Waals surface area contributed by atoms with Crippen molar-refractivity contribution in [3.05, 3.63) is 11.8 Å². The van der Waals surface area contributed by atoms with Crippen LogP contribution in [0.25, 0.3) is 0 Å². The molecule has 3 heteroatoms. The zero-order valence-electron chi connectivity index (χ0n) is 15.5. The minimum atomic E-state index is -0.463. The van der Waals surface area contributed by atoms with Crippen LogP contribution in [0.1, 0.15) is 65.7 Å². The smallest absolute Gasteiger partial charge is 0.103 e. The van der Waals surface area contributed by atoms with E-state index in [4.69, 9.17) is 4.99 Å². The molecule has 2 heterocycles. The topological polar surface area (TPSA) is 35.8 Å². The van der Waals surface area contributed by atoms with Gasteiger partial charge in [-0.05, 0) is 68.6 Å². The Morgan fingerprint density at radius 2 is 1.92 bits per heavy atom. The largest absolute Gasteiger partial charge is 0.390 e. The summed E-state index contributed by atoms with van der Waals surface area (Å²) in [5.74, 6) is 3.62. The van der Waals surface area contributed by atoms with Crippen molar-refractivity contribution in [1.82, 2.24) is 4.90 Å². The second-order valence-corrected chi connectivity index (χ2v) is 9.84. The molecule has 24 heavy (non-hydrogen) atoms. The van der Waals surface area contributed by atoms with Crippen molar-refractivity contribution in [2.45, 2.75) is 71.3 Å². The molecule has 3 aliphatic carbocycles. The lowest BCUT2D eigenvalue weighted by molar-refractivity contribution is -0.114. The molecule has 2 aliphatic heterocycles. The highest BCUT2D eigenvalue weighted by Gasteiger charge is 2.62. The van der Waals surface area contributed by atoms with Gasteiger partial charge in [-0.2, -0.15) is 0 Å². The summed E-state index contributed by atoms with van der Waals surface area (Å²) in [5.41, 5.74) is 1.60. The van der Waals surface area contributed by atoms with Crippen molar-refractivity contribution in [1.29, 1.82) is 0 Å². The minimum Gasteiger partial charge on any atom is -0.390 e. The molecular weight excluding hydrogens is 296 g/mol. The van der Waals surface area contributed by atoms with E-state index in [0.717, 1.165) is 37.8 Å². The van der Waals surface area contributed by atoms with Gasteiger partial charge in [0.2, 0.25) is 0 Å². The third-order valence-corrected chi connectivity index (χ3v) is 9.07. The van der Waals surface area contributed by atoms with E-state index < -0.39 is 5.60 Å². The molecule has 2 saturated carbocycles. The van der Waals surface area contributed by atoms with Crippen LogP contribution in [0.2, 0.25) is 0 Å². The van der Waals surface area contributed by atoms with Crippen LogP contribution in [-0.2, 0) is 0 Å². The summed E-state index contributed by atoms with van der Waals surface area (Å²) >= 11 is 0. The molecule has 0 spiro atoms. The first kappa shape index (κ1) is 15.4. The quantitative estimate of drug-likeness (QED) is 0.730. The second-order valence-electron chi connectivity index (χ2n) is 9.84. The van der Waals surface area contributed by atoms with E-state index in [-0.39, 0.29) is 5.41 Å². The lowest BCUT2D eigenvalue weighted by Crippen LogP contribution is -2.55. The monoisotopic (exact) mass is 328 g/mol. The number of hydrogen-bond acceptors (Lipinski definition) is 3. The summed E-state index contributed by atoms with van der Waals surface area (Å²) in [7, 11) is 0. The number of hydrogen-bond donors (Lipinski definition) is 1. The van der Waals surface area contributed by atoms with Gasteiger partial charge in [0.15, 0.2) is 0 Å². The van der Waals surface area contributed by atoms with E-state index in [1.165, 1.54) is 37.9 Å². The summed E-state index contributed by atoms with van der Waals surface area (Å²) in [6.07, 6.45) is 10.9. The van der Waals surface area contributed by atoms with Gasteiger partial charge in [-0.25, -0.2) is 0 Å². The van der Waals surface area contributed by atoms with Gasteiger partial charge in [-0.1, -0.05) is 19.9 Å². The maximum Gasteiger partial charge on any atom is 0.103 e. The summed E-state index contributed by atoms with van der Waals surface area (Å²) in [6.45, 7) is 9.12. The molecule has 1 saturated heterocycles.